The van der Waals surface area contributed by atoms with E-state index in [-0.39, 0.29) is 27.6 Å². The van der Waals surface area contributed by atoms with E-state index in [0.29, 0.717) is 29.6 Å². The van der Waals surface area contributed by atoms with E-state index >= 15 is 0 Å². The van der Waals surface area contributed by atoms with Gasteiger partial charge in [-0.05, 0) is 135 Å². The van der Waals surface area contributed by atoms with Crippen LogP contribution in [0.1, 0.15) is 77.0 Å². The number of carbonyl (C=O) groups is 2. The molecule has 0 radical (unpaired) electrons. The molecule has 8 saturated carbocycles. The molecule has 1 amide bonds. The van der Waals surface area contributed by atoms with Gasteiger partial charge in [0.05, 0.1) is 17.9 Å². The van der Waals surface area contributed by atoms with Gasteiger partial charge in [-0.2, -0.15) is 0 Å². The Bertz CT molecular complexity index is 1320. The first-order valence-corrected chi connectivity index (χ1v) is 15.8. The summed E-state index contributed by atoms with van der Waals surface area (Å²) in [4.78, 5) is 29.9. The van der Waals surface area contributed by atoms with Crippen molar-refractivity contribution in [2.75, 3.05) is 19.1 Å². The van der Waals surface area contributed by atoms with Crippen molar-refractivity contribution < 1.29 is 14.3 Å². The third-order valence-electron chi connectivity index (χ3n) is 13.0. The molecule has 8 fully saturated rings. The molecule has 10 rings (SSSR count). The number of hydrogen-bond acceptors (Lipinski definition) is 3. The highest BCUT2D eigenvalue weighted by atomic mass is 16.5. The number of benzene rings is 2. The molecule has 8 bridgehead atoms. The lowest BCUT2D eigenvalue weighted by molar-refractivity contribution is -0.239. The van der Waals surface area contributed by atoms with Crippen molar-refractivity contribution in [2.45, 2.75) is 77.0 Å². The molecule has 0 spiro atoms. The van der Waals surface area contributed by atoms with Gasteiger partial charge in [0.25, 0.3) is 0 Å². The van der Waals surface area contributed by atoms with Crippen LogP contribution >= 0.6 is 0 Å². The topological polar surface area (TPSA) is 46.6 Å². The monoisotopic (exact) mass is 537 g/mol. The Balaban J connectivity index is 1.11. The molecule has 0 aromatic heterocycles. The molecule has 2 aromatic rings. The fourth-order valence-electron chi connectivity index (χ4n) is 12.5. The first kappa shape index (κ1) is 25.1. The maximum absolute atomic E-state index is 14.6. The average molecular weight is 538 g/mol. The largest absolute Gasteiger partial charge is 0.469 e. The lowest BCUT2D eigenvalue weighted by Crippen LogP contribution is -2.67. The molecule has 8 aliphatic rings. The second-order valence-corrected chi connectivity index (χ2v) is 15.3. The number of hydrogen-bond donors (Lipinski definition) is 0. The van der Waals surface area contributed by atoms with Crippen LogP contribution in [0.15, 0.2) is 54.6 Å². The SMILES string of the molecule is COC(=O)C12CC3CC(C1)CC(C14CC5CC(CC(C(=O)N(C)c6ccc(-c7ccccc7)cc6)(C5)C1)C4)(C3)C2. The first-order chi connectivity index (χ1) is 19.3. The molecule has 4 heteroatoms. The number of amides is 1. The highest BCUT2D eigenvalue weighted by Gasteiger charge is 2.72. The van der Waals surface area contributed by atoms with Crippen LogP contribution in [0.5, 0.6) is 0 Å². The molecule has 4 nitrogen and oxygen atoms in total. The number of carbonyl (C=O) groups excluding carboxylic acids is 2. The van der Waals surface area contributed by atoms with Crippen LogP contribution < -0.4 is 4.90 Å². The van der Waals surface area contributed by atoms with Gasteiger partial charge in [0, 0.05) is 12.7 Å². The predicted molar refractivity (Wildman–Crippen MR) is 156 cm³/mol. The van der Waals surface area contributed by atoms with E-state index < -0.39 is 0 Å². The molecule has 210 valence electrons. The van der Waals surface area contributed by atoms with Crippen LogP contribution in [0.25, 0.3) is 11.1 Å². The van der Waals surface area contributed by atoms with Crippen LogP contribution in [-0.2, 0) is 14.3 Å². The van der Waals surface area contributed by atoms with E-state index in [0.717, 1.165) is 44.2 Å². The highest BCUT2D eigenvalue weighted by molar-refractivity contribution is 5.97. The molecule has 0 N–H and O–H groups in total. The summed E-state index contributed by atoms with van der Waals surface area (Å²) in [6, 6.07) is 19.0. The number of methoxy groups -OCH3 is 1. The van der Waals surface area contributed by atoms with E-state index in [1.807, 2.05) is 18.0 Å². The Kier molecular flexibility index (Phi) is 5.31. The minimum absolute atomic E-state index is 0.0557. The summed E-state index contributed by atoms with van der Waals surface area (Å²) in [5.41, 5.74) is 3.28. The van der Waals surface area contributed by atoms with E-state index in [4.69, 9.17) is 4.74 Å². The summed E-state index contributed by atoms with van der Waals surface area (Å²) in [5.74, 6) is 3.02. The van der Waals surface area contributed by atoms with Crippen LogP contribution in [0.3, 0.4) is 0 Å². The fourth-order valence-corrected chi connectivity index (χ4v) is 12.5. The molecule has 0 saturated heterocycles. The minimum Gasteiger partial charge on any atom is -0.469 e. The Labute approximate surface area is 238 Å². The molecular formula is C36H43NO3. The van der Waals surface area contributed by atoms with Crippen LogP contribution in [0.2, 0.25) is 0 Å². The number of ether oxygens (including phenoxy) is 1. The van der Waals surface area contributed by atoms with Gasteiger partial charge in [-0.15, -0.1) is 0 Å². The van der Waals surface area contributed by atoms with E-state index in [9.17, 15) is 9.59 Å². The Morgan fingerprint density at radius 1 is 0.675 bits per heavy atom. The Morgan fingerprint density at radius 3 is 1.68 bits per heavy atom. The summed E-state index contributed by atoms with van der Waals surface area (Å²) in [5, 5.41) is 0. The van der Waals surface area contributed by atoms with Gasteiger partial charge in [0.15, 0.2) is 0 Å². The summed E-state index contributed by atoms with van der Waals surface area (Å²) < 4.78 is 5.47. The van der Waals surface area contributed by atoms with Crippen molar-refractivity contribution in [2.24, 2.45) is 45.3 Å². The summed E-state index contributed by atoms with van der Waals surface area (Å²) in [6.07, 6.45) is 14.0. The summed E-state index contributed by atoms with van der Waals surface area (Å²) >= 11 is 0. The third kappa shape index (κ3) is 3.43. The molecule has 4 atom stereocenters. The maximum atomic E-state index is 14.6. The average Bonchev–Trinajstić information content (AvgIpc) is 2.95. The zero-order valence-corrected chi connectivity index (χ0v) is 24.2. The quantitative estimate of drug-likeness (QED) is 0.368. The standard InChI is InChI=1S/C36H43NO3/c1-37(30-10-8-29(9-11-30)28-6-4-3-5-7-28)31(38)33-14-24-12-25(15-33)19-35(18-24,22-33)36-20-26-13-27(21-36)17-34(16-26,23-36)32(39)40-2/h3-11,24-27H,12-23H2,1-2H3. The van der Waals surface area contributed by atoms with Crippen LogP contribution in [0.4, 0.5) is 5.69 Å². The van der Waals surface area contributed by atoms with E-state index in [1.54, 1.807) is 7.11 Å². The normalized spacial score (nSPS) is 42.1. The van der Waals surface area contributed by atoms with Crippen molar-refractivity contribution in [3.8, 4) is 11.1 Å². The van der Waals surface area contributed by atoms with Gasteiger partial charge >= 0.3 is 5.97 Å². The second-order valence-electron chi connectivity index (χ2n) is 15.3. The third-order valence-corrected chi connectivity index (χ3v) is 13.0. The smallest absolute Gasteiger partial charge is 0.311 e. The number of rotatable bonds is 5. The molecule has 40 heavy (non-hydrogen) atoms. The van der Waals surface area contributed by atoms with Crippen LogP contribution in [0, 0.1) is 45.3 Å². The van der Waals surface area contributed by atoms with Gasteiger partial charge in [0.1, 0.15) is 0 Å². The maximum Gasteiger partial charge on any atom is 0.311 e. The Hall–Kier alpha value is -2.62. The number of anilines is 1. The lowest BCUT2D eigenvalue weighted by Gasteiger charge is -2.73. The molecule has 8 aliphatic carbocycles. The van der Waals surface area contributed by atoms with Crippen molar-refractivity contribution in [3.63, 3.8) is 0 Å². The van der Waals surface area contributed by atoms with Crippen molar-refractivity contribution >= 4 is 17.6 Å². The number of nitrogens with zero attached hydrogens (tertiary/aromatic N) is 1. The zero-order valence-electron chi connectivity index (χ0n) is 24.2. The summed E-state index contributed by atoms with van der Waals surface area (Å²) in [6.45, 7) is 0. The van der Waals surface area contributed by atoms with Gasteiger partial charge < -0.3 is 9.64 Å². The van der Waals surface area contributed by atoms with Crippen LogP contribution in [-0.4, -0.2) is 26.0 Å². The molecular weight excluding hydrogens is 494 g/mol. The first-order valence-electron chi connectivity index (χ1n) is 15.8. The fraction of sp³-hybridized carbons (Fsp3) is 0.611. The second kappa shape index (κ2) is 8.46. The van der Waals surface area contributed by atoms with Gasteiger partial charge in [-0.25, -0.2) is 0 Å². The van der Waals surface area contributed by atoms with Crippen molar-refractivity contribution in [3.05, 3.63) is 54.6 Å². The molecule has 0 aliphatic heterocycles. The zero-order chi connectivity index (χ0) is 27.3. The molecule has 2 aromatic carbocycles. The van der Waals surface area contributed by atoms with Crippen molar-refractivity contribution in [1.29, 1.82) is 0 Å². The molecule has 0 heterocycles. The lowest BCUT2D eigenvalue weighted by atomic mass is 9.31. The van der Waals surface area contributed by atoms with Gasteiger partial charge in [-0.1, -0.05) is 42.5 Å². The predicted octanol–water partition coefficient (Wildman–Crippen LogP) is 7.66. The van der Waals surface area contributed by atoms with Crippen molar-refractivity contribution in [1.82, 2.24) is 0 Å². The Morgan fingerprint density at radius 2 is 1.15 bits per heavy atom. The van der Waals surface area contributed by atoms with Gasteiger partial charge in [-0.3, -0.25) is 9.59 Å². The summed E-state index contributed by atoms with van der Waals surface area (Å²) in [7, 11) is 3.59. The van der Waals surface area contributed by atoms with E-state index in [2.05, 4.69) is 48.5 Å². The van der Waals surface area contributed by atoms with E-state index in [1.165, 1.54) is 49.7 Å². The molecule has 4 unspecified atom stereocenters. The number of esters is 1. The minimum atomic E-state index is -0.267. The van der Waals surface area contributed by atoms with Gasteiger partial charge in [0.2, 0.25) is 5.91 Å². The highest BCUT2D eigenvalue weighted by Crippen LogP contribution is 2.78.